The lowest BCUT2D eigenvalue weighted by Gasteiger charge is -2.07. The normalized spacial score (nSPS) is 10.9. The molecule has 0 fully saturated rings. The fraction of sp³-hybridized carbons (Fsp3) is 0.375. The lowest BCUT2D eigenvalue weighted by atomic mass is 10.1. The quantitative estimate of drug-likeness (QED) is 0.737. The third-order valence-corrected chi connectivity index (χ3v) is 2.29. The molecule has 1 heterocycles. The molecule has 5 heteroatoms. The maximum absolute atomic E-state index is 13.2. The lowest BCUT2D eigenvalue weighted by molar-refractivity contribution is 0.144. The highest BCUT2D eigenvalue weighted by Crippen LogP contribution is 2.26. The third kappa shape index (κ3) is 2.02. The second-order valence-electron chi connectivity index (χ2n) is 2.53. The number of aromatic nitrogens is 1. The van der Waals surface area contributed by atoms with Gasteiger partial charge in [-0.1, -0.05) is 15.9 Å². The molecular weight excluding hydrogens is 247 g/mol. The predicted molar refractivity (Wildman–Crippen MR) is 46.5 cm³/mol. The van der Waals surface area contributed by atoms with Gasteiger partial charge >= 0.3 is 0 Å². The number of pyridine rings is 1. The Morgan fingerprint density at radius 1 is 1.54 bits per heavy atom. The molecule has 0 aliphatic carbocycles. The first-order chi connectivity index (χ1) is 6.07. The Morgan fingerprint density at radius 2 is 2.15 bits per heavy atom. The minimum absolute atomic E-state index is 0.0391. The van der Waals surface area contributed by atoms with E-state index in [1.807, 2.05) is 0 Å². The van der Waals surface area contributed by atoms with Gasteiger partial charge in [0.15, 0.2) is 0 Å². The molecular formula is C8H7BrF3N. The van der Waals surface area contributed by atoms with E-state index in [-0.39, 0.29) is 16.6 Å². The summed E-state index contributed by atoms with van der Waals surface area (Å²) in [6, 6.07) is 0. The SMILES string of the molecule is Cc1ncc(CBr)c(F)c1C(F)F. The fourth-order valence-electron chi connectivity index (χ4n) is 0.980. The highest BCUT2D eigenvalue weighted by molar-refractivity contribution is 9.08. The summed E-state index contributed by atoms with van der Waals surface area (Å²) in [6.45, 7) is 1.36. The van der Waals surface area contributed by atoms with Crippen molar-refractivity contribution < 1.29 is 13.2 Å². The van der Waals surface area contributed by atoms with Crippen LogP contribution in [-0.4, -0.2) is 4.98 Å². The van der Waals surface area contributed by atoms with Crippen molar-refractivity contribution in [1.82, 2.24) is 4.98 Å². The van der Waals surface area contributed by atoms with Crippen LogP contribution in [0.3, 0.4) is 0 Å². The van der Waals surface area contributed by atoms with Crippen LogP contribution in [0.2, 0.25) is 0 Å². The van der Waals surface area contributed by atoms with E-state index in [1.165, 1.54) is 13.1 Å². The van der Waals surface area contributed by atoms with Crippen molar-refractivity contribution in [1.29, 1.82) is 0 Å². The number of hydrogen-bond acceptors (Lipinski definition) is 1. The van der Waals surface area contributed by atoms with Gasteiger partial charge in [0.25, 0.3) is 6.43 Å². The molecule has 0 unspecified atom stereocenters. The lowest BCUT2D eigenvalue weighted by Crippen LogP contribution is -2.01. The van der Waals surface area contributed by atoms with Crippen LogP contribution < -0.4 is 0 Å². The number of rotatable bonds is 2. The topological polar surface area (TPSA) is 12.9 Å². The van der Waals surface area contributed by atoms with E-state index in [4.69, 9.17) is 0 Å². The van der Waals surface area contributed by atoms with Crippen LogP contribution in [0.25, 0.3) is 0 Å². The van der Waals surface area contributed by atoms with E-state index in [2.05, 4.69) is 20.9 Å². The van der Waals surface area contributed by atoms with Gasteiger partial charge in [-0.15, -0.1) is 0 Å². The summed E-state index contributed by atoms with van der Waals surface area (Å²) in [5, 5.41) is 0.186. The molecule has 0 bridgehead atoms. The zero-order valence-corrected chi connectivity index (χ0v) is 8.41. The molecule has 1 rings (SSSR count). The van der Waals surface area contributed by atoms with Crippen molar-refractivity contribution in [2.45, 2.75) is 18.7 Å². The molecule has 1 aromatic rings. The molecule has 0 aromatic carbocycles. The molecule has 72 valence electrons. The standard InChI is InChI=1S/C8H7BrF3N/c1-4-6(8(11)12)7(10)5(2-9)3-13-4/h3,8H,2H2,1H3. The summed E-state index contributed by atoms with van der Waals surface area (Å²) in [7, 11) is 0. The zero-order valence-electron chi connectivity index (χ0n) is 6.82. The Bertz CT molecular complexity index is 315. The molecule has 0 amide bonds. The molecule has 0 saturated heterocycles. The summed E-state index contributed by atoms with van der Waals surface area (Å²) >= 11 is 2.99. The second kappa shape index (κ2) is 4.09. The van der Waals surface area contributed by atoms with Gasteiger partial charge in [-0.05, 0) is 6.92 Å². The first-order valence-corrected chi connectivity index (χ1v) is 4.68. The van der Waals surface area contributed by atoms with Crippen LogP contribution in [0.1, 0.15) is 23.2 Å². The van der Waals surface area contributed by atoms with Gasteiger partial charge in [-0.25, -0.2) is 13.2 Å². The highest BCUT2D eigenvalue weighted by atomic mass is 79.9. The van der Waals surface area contributed by atoms with Crippen molar-refractivity contribution in [3.05, 3.63) is 28.8 Å². The number of nitrogens with zero attached hydrogens (tertiary/aromatic N) is 1. The van der Waals surface area contributed by atoms with Crippen LogP contribution in [0.5, 0.6) is 0 Å². The average Bonchev–Trinajstić information content (AvgIpc) is 2.04. The summed E-state index contributed by atoms with van der Waals surface area (Å²) in [6.07, 6.45) is -1.56. The largest absolute Gasteiger partial charge is 0.268 e. The van der Waals surface area contributed by atoms with Gasteiger partial charge in [0.2, 0.25) is 0 Å². The van der Waals surface area contributed by atoms with E-state index in [0.717, 1.165) is 0 Å². The van der Waals surface area contributed by atoms with Crippen molar-refractivity contribution >= 4 is 15.9 Å². The Balaban J connectivity index is 3.30. The molecule has 1 aromatic heterocycles. The van der Waals surface area contributed by atoms with Gasteiger partial charge in [0.1, 0.15) is 5.82 Å². The van der Waals surface area contributed by atoms with Crippen molar-refractivity contribution in [3.8, 4) is 0 Å². The van der Waals surface area contributed by atoms with E-state index in [9.17, 15) is 13.2 Å². The maximum Gasteiger partial charge on any atom is 0.268 e. The molecule has 0 radical (unpaired) electrons. The Morgan fingerprint density at radius 3 is 2.62 bits per heavy atom. The Hall–Kier alpha value is -0.580. The molecule has 13 heavy (non-hydrogen) atoms. The molecule has 0 saturated carbocycles. The molecule has 1 nitrogen and oxygen atoms in total. The van der Waals surface area contributed by atoms with E-state index >= 15 is 0 Å². The van der Waals surface area contributed by atoms with Crippen molar-refractivity contribution in [2.75, 3.05) is 0 Å². The van der Waals surface area contributed by atoms with E-state index in [0.29, 0.717) is 0 Å². The summed E-state index contributed by atoms with van der Waals surface area (Å²) in [5.41, 5.74) is -0.407. The minimum atomic E-state index is -2.81. The van der Waals surface area contributed by atoms with Crippen LogP contribution in [-0.2, 0) is 5.33 Å². The minimum Gasteiger partial charge on any atom is -0.261 e. The van der Waals surface area contributed by atoms with Gasteiger partial charge in [0.05, 0.1) is 5.56 Å². The number of aryl methyl sites for hydroxylation is 1. The Labute approximate surface area is 82.1 Å². The van der Waals surface area contributed by atoms with Crippen LogP contribution in [0, 0.1) is 12.7 Å². The maximum atomic E-state index is 13.2. The van der Waals surface area contributed by atoms with Crippen molar-refractivity contribution in [3.63, 3.8) is 0 Å². The first-order valence-electron chi connectivity index (χ1n) is 3.56. The smallest absolute Gasteiger partial charge is 0.261 e. The van der Waals surface area contributed by atoms with Gasteiger partial charge in [-0.3, -0.25) is 4.98 Å². The number of alkyl halides is 3. The molecule has 0 aliphatic rings. The Kier molecular flexibility index (Phi) is 3.30. The molecule has 0 spiro atoms. The predicted octanol–water partition coefficient (Wildman–Crippen LogP) is 3.36. The van der Waals surface area contributed by atoms with E-state index in [1.54, 1.807) is 0 Å². The first kappa shape index (κ1) is 10.5. The molecule has 0 atom stereocenters. The van der Waals surface area contributed by atoms with E-state index < -0.39 is 17.8 Å². The van der Waals surface area contributed by atoms with Crippen LogP contribution in [0.15, 0.2) is 6.20 Å². The number of hydrogen-bond donors (Lipinski definition) is 0. The summed E-state index contributed by atoms with van der Waals surface area (Å²) in [4.78, 5) is 3.68. The van der Waals surface area contributed by atoms with Gasteiger partial charge in [-0.2, -0.15) is 0 Å². The van der Waals surface area contributed by atoms with Crippen LogP contribution >= 0.6 is 15.9 Å². The zero-order chi connectivity index (χ0) is 10.0. The third-order valence-electron chi connectivity index (χ3n) is 1.68. The van der Waals surface area contributed by atoms with Gasteiger partial charge in [0, 0.05) is 22.8 Å². The molecule has 0 N–H and O–H groups in total. The highest BCUT2D eigenvalue weighted by Gasteiger charge is 2.19. The summed E-state index contributed by atoms with van der Waals surface area (Å²) in [5.74, 6) is -0.862. The number of halogens is 4. The monoisotopic (exact) mass is 253 g/mol. The second-order valence-corrected chi connectivity index (χ2v) is 3.09. The van der Waals surface area contributed by atoms with Crippen molar-refractivity contribution in [2.24, 2.45) is 0 Å². The van der Waals surface area contributed by atoms with Gasteiger partial charge < -0.3 is 0 Å². The van der Waals surface area contributed by atoms with Crippen LogP contribution in [0.4, 0.5) is 13.2 Å². The summed E-state index contributed by atoms with van der Waals surface area (Å²) < 4.78 is 37.9. The average molecular weight is 254 g/mol. The molecule has 0 aliphatic heterocycles. The fourth-order valence-corrected chi connectivity index (χ4v) is 1.37.